The molecule has 10 heteroatoms. The molecule has 0 saturated carbocycles. The van der Waals surface area contributed by atoms with E-state index in [1.165, 1.54) is 51.5 Å². The number of ether oxygens (including phenoxy) is 2. The zero-order chi connectivity index (χ0) is 21.6. The second kappa shape index (κ2) is 9.66. The van der Waals surface area contributed by atoms with E-state index in [1.807, 2.05) is 0 Å². The van der Waals surface area contributed by atoms with Gasteiger partial charge in [0, 0.05) is 26.2 Å². The van der Waals surface area contributed by atoms with Gasteiger partial charge in [0.1, 0.15) is 16.4 Å². The molecular formula is C19H22F2N2O5S. The summed E-state index contributed by atoms with van der Waals surface area (Å²) in [6.07, 6.45) is 0.458. The second-order valence-electron chi connectivity index (χ2n) is 6.18. The molecule has 0 aromatic heterocycles. The summed E-state index contributed by atoms with van der Waals surface area (Å²) in [6.45, 7) is -2.61. The SMILES string of the molecule is COc1ccc(C(=O)NCCc2ccc(OC(F)F)cc2)cc1S(=O)(=O)N(C)C. The third-order valence-electron chi connectivity index (χ3n) is 4.03. The minimum atomic E-state index is -3.79. The van der Waals surface area contributed by atoms with E-state index in [1.54, 1.807) is 12.1 Å². The molecule has 1 amide bonds. The maximum Gasteiger partial charge on any atom is 0.387 e. The van der Waals surface area contributed by atoms with Crippen molar-refractivity contribution in [2.75, 3.05) is 27.7 Å². The average molecular weight is 428 g/mol. The Morgan fingerprint density at radius 3 is 2.34 bits per heavy atom. The van der Waals surface area contributed by atoms with Gasteiger partial charge in [-0.05, 0) is 42.3 Å². The smallest absolute Gasteiger partial charge is 0.387 e. The molecule has 0 aliphatic rings. The fourth-order valence-electron chi connectivity index (χ4n) is 2.48. The average Bonchev–Trinajstić information content (AvgIpc) is 2.68. The van der Waals surface area contributed by atoms with Crippen LogP contribution in [0.1, 0.15) is 15.9 Å². The summed E-state index contributed by atoms with van der Waals surface area (Å²) in [4.78, 5) is 12.3. The first kappa shape index (κ1) is 22.6. The van der Waals surface area contributed by atoms with E-state index >= 15 is 0 Å². The Labute approximate surface area is 168 Å². The normalized spacial score (nSPS) is 11.6. The molecule has 1 N–H and O–H groups in total. The van der Waals surface area contributed by atoms with Crippen molar-refractivity contribution >= 4 is 15.9 Å². The quantitative estimate of drug-likeness (QED) is 0.664. The van der Waals surface area contributed by atoms with Crippen molar-refractivity contribution in [1.82, 2.24) is 9.62 Å². The second-order valence-corrected chi connectivity index (χ2v) is 8.30. The first-order valence-corrected chi connectivity index (χ1v) is 10.0. The van der Waals surface area contributed by atoms with Crippen LogP contribution >= 0.6 is 0 Å². The summed E-state index contributed by atoms with van der Waals surface area (Å²) in [7, 11) is 0.336. The van der Waals surface area contributed by atoms with E-state index in [2.05, 4.69) is 10.1 Å². The van der Waals surface area contributed by atoms with Crippen LogP contribution in [0.4, 0.5) is 8.78 Å². The number of alkyl halides is 2. The van der Waals surface area contributed by atoms with Gasteiger partial charge in [-0.15, -0.1) is 0 Å². The van der Waals surface area contributed by atoms with Crippen LogP contribution in [0.25, 0.3) is 0 Å². The van der Waals surface area contributed by atoms with E-state index in [9.17, 15) is 22.0 Å². The van der Waals surface area contributed by atoms with Gasteiger partial charge in [0.25, 0.3) is 5.91 Å². The number of hydrogen-bond acceptors (Lipinski definition) is 5. The molecule has 2 rings (SSSR count). The van der Waals surface area contributed by atoms with Crippen LogP contribution in [0.5, 0.6) is 11.5 Å². The highest BCUT2D eigenvalue weighted by Crippen LogP contribution is 2.26. The van der Waals surface area contributed by atoms with Crippen LogP contribution in [-0.2, 0) is 16.4 Å². The monoisotopic (exact) mass is 428 g/mol. The molecule has 0 spiro atoms. The standard InChI is InChI=1S/C19H22F2N2O5S/c1-23(2)29(25,26)17-12-14(6-9-16(17)27-3)18(24)22-11-10-13-4-7-15(8-5-13)28-19(20)21/h4-9,12,19H,10-11H2,1-3H3,(H,22,24). The minimum Gasteiger partial charge on any atom is -0.495 e. The van der Waals surface area contributed by atoms with Crippen LogP contribution in [0.15, 0.2) is 47.4 Å². The first-order chi connectivity index (χ1) is 13.6. The van der Waals surface area contributed by atoms with Crippen LogP contribution in [0, 0.1) is 0 Å². The molecule has 158 valence electrons. The molecule has 2 aromatic rings. The Morgan fingerprint density at radius 2 is 1.79 bits per heavy atom. The van der Waals surface area contributed by atoms with Crippen LogP contribution < -0.4 is 14.8 Å². The zero-order valence-electron chi connectivity index (χ0n) is 16.2. The van der Waals surface area contributed by atoms with Crippen molar-refractivity contribution in [2.45, 2.75) is 17.9 Å². The summed E-state index contributed by atoms with van der Waals surface area (Å²) >= 11 is 0. The molecule has 0 radical (unpaired) electrons. The Bertz CT molecular complexity index is 948. The van der Waals surface area contributed by atoms with Crippen molar-refractivity contribution in [3.05, 3.63) is 53.6 Å². The van der Waals surface area contributed by atoms with Crippen molar-refractivity contribution in [3.8, 4) is 11.5 Å². The molecule has 0 aliphatic carbocycles. The molecular weight excluding hydrogens is 406 g/mol. The number of nitrogens with one attached hydrogen (secondary N) is 1. The van der Waals surface area contributed by atoms with Crippen LogP contribution in [0.2, 0.25) is 0 Å². The number of benzene rings is 2. The molecule has 29 heavy (non-hydrogen) atoms. The number of hydrogen-bond donors (Lipinski definition) is 1. The lowest BCUT2D eigenvalue weighted by Crippen LogP contribution is -2.27. The summed E-state index contributed by atoms with van der Waals surface area (Å²) in [6, 6.07) is 10.3. The molecule has 0 fully saturated rings. The molecule has 0 aliphatic heterocycles. The van der Waals surface area contributed by atoms with Gasteiger partial charge in [0.2, 0.25) is 10.0 Å². The predicted molar refractivity (Wildman–Crippen MR) is 103 cm³/mol. The first-order valence-electron chi connectivity index (χ1n) is 8.57. The van der Waals surface area contributed by atoms with Crippen LogP contribution in [0.3, 0.4) is 0 Å². The number of sulfonamides is 1. The van der Waals surface area contributed by atoms with Gasteiger partial charge in [0.15, 0.2) is 0 Å². The van der Waals surface area contributed by atoms with Crippen molar-refractivity contribution in [2.24, 2.45) is 0 Å². The van der Waals surface area contributed by atoms with Gasteiger partial charge >= 0.3 is 6.61 Å². The number of rotatable bonds is 9. The molecule has 0 saturated heterocycles. The molecule has 0 unspecified atom stereocenters. The van der Waals surface area contributed by atoms with Gasteiger partial charge in [-0.1, -0.05) is 12.1 Å². The lowest BCUT2D eigenvalue weighted by atomic mass is 10.1. The third-order valence-corrected chi connectivity index (χ3v) is 5.87. The summed E-state index contributed by atoms with van der Waals surface area (Å²) in [5.41, 5.74) is 0.990. The Hall–Kier alpha value is -2.72. The Morgan fingerprint density at radius 1 is 1.14 bits per heavy atom. The van der Waals surface area contributed by atoms with E-state index in [4.69, 9.17) is 4.74 Å². The lowest BCUT2D eigenvalue weighted by Gasteiger charge is -2.15. The summed E-state index contributed by atoms with van der Waals surface area (Å²) in [5, 5.41) is 2.70. The fourth-order valence-corrected chi connectivity index (χ4v) is 3.55. The molecule has 0 bridgehead atoms. The van der Waals surface area contributed by atoms with Gasteiger partial charge in [-0.2, -0.15) is 8.78 Å². The largest absolute Gasteiger partial charge is 0.495 e. The van der Waals surface area contributed by atoms with Crippen molar-refractivity contribution < 1.29 is 31.5 Å². The topological polar surface area (TPSA) is 84.9 Å². The van der Waals surface area contributed by atoms with Gasteiger partial charge in [0.05, 0.1) is 7.11 Å². The Kier molecular flexibility index (Phi) is 7.52. The predicted octanol–water partition coefficient (Wildman–Crippen LogP) is 2.52. The number of carbonyl (C=O) groups is 1. The summed E-state index contributed by atoms with van der Waals surface area (Å²) < 4.78 is 59.6. The minimum absolute atomic E-state index is 0.0562. The molecule has 2 aromatic carbocycles. The van der Waals surface area contributed by atoms with Crippen molar-refractivity contribution in [3.63, 3.8) is 0 Å². The molecule has 7 nitrogen and oxygen atoms in total. The van der Waals surface area contributed by atoms with E-state index in [0.29, 0.717) is 6.42 Å². The van der Waals surface area contributed by atoms with E-state index < -0.39 is 22.5 Å². The maximum atomic E-state index is 12.4. The van der Waals surface area contributed by atoms with Crippen LogP contribution in [-0.4, -0.2) is 53.0 Å². The van der Waals surface area contributed by atoms with Gasteiger partial charge in [-0.3, -0.25) is 4.79 Å². The van der Waals surface area contributed by atoms with Gasteiger partial charge in [-0.25, -0.2) is 12.7 Å². The van der Waals surface area contributed by atoms with E-state index in [0.717, 1.165) is 9.87 Å². The van der Waals surface area contributed by atoms with E-state index in [-0.39, 0.29) is 28.5 Å². The highest BCUT2D eigenvalue weighted by molar-refractivity contribution is 7.89. The zero-order valence-corrected chi connectivity index (χ0v) is 17.0. The Balaban J connectivity index is 2.04. The lowest BCUT2D eigenvalue weighted by molar-refractivity contribution is -0.0498. The third kappa shape index (κ3) is 5.88. The highest BCUT2D eigenvalue weighted by Gasteiger charge is 2.23. The molecule has 0 heterocycles. The fraction of sp³-hybridized carbons (Fsp3) is 0.316. The molecule has 0 atom stereocenters. The number of amides is 1. The number of methoxy groups -OCH3 is 1. The maximum absolute atomic E-state index is 12.4. The number of halogens is 2. The summed E-state index contributed by atoms with van der Waals surface area (Å²) in [5.74, 6) is -0.248. The highest BCUT2D eigenvalue weighted by atomic mass is 32.2. The number of carbonyl (C=O) groups excluding carboxylic acids is 1. The number of nitrogens with zero attached hydrogens (tertiary/aromatic N) is 1. The van der Waals surface area contributed by atoms with Gasteiger partial charge < -0.3 is 14.8 Å². The van der Waals surface area contributed by atoms with Crippen molar-refractivity contribution in [1.29, 1.82) is 0 Å².